The van der Waals surface area contributed by atoms with E-state index in [1.54, 1.807) is 24.3 Å². The molecule has 0 bridgehead atoms. The van der Waals surface area contributed by atoms with Gasteiger partial charge in [0, 0.05) is 17.3 Å². The van der Waals surface area contributed by atoms with Gasteiger partial charge in [-0.1, -0.05) is 69.3 Å². The SMILES string of the molecule is CC(C)Cn1c(SCC(=O)Nc2ccc(Cl)cc2)nnc1C(C)Oc1ccccc1C(C)C. The van der Waals surface area contributed by atoms with Gasteiger partial charge in [0.1, 0.15) is 5.75 Å². The monoisotopic (exact) mass is 486 g/mol. The Bertz CT molecular complexity index is 1070. The topological polar surface area (TPSA) is 69.0 Å². The predicted octanol–water partition coefficient (Wildman–Crippen LogP) is 6.58. The van der Waals surface area contributed by atoms with E-state index in [0.717, 1.165) is 23.7 Å². The second-order valence-electron chi connectivity index (χ2n) is 8.64. The minimum absolute atomic E-state index is 0.113. The first kappa shape index (κ1) is 25.1. The van der Waals surface area contributed by atoms with Crippen LogP contribution >= 0.6 is 23.4 Å². The number of para-hydroxylation sites is 1. The molecule has 1 aromatic heterocycles. The second kappa shape index (κ2) is 11.6. The molecule has 0 aliphatic carbocycles. The van der Waals surface area contributed by atoms with Crippen LogP contribution in [-0.2, 0) is 11.3 Å². The summed E-state index contributed by atoms with van der Waals surface area (Å²) in [6.07, 6.45) is -0.284. The van der Waals surface area contributed by atoms with Crippen LogP contribution in [0.3, 0.4) is 0 Å². The third kappa shape index (κ3) is 6.98. The van der Waals surface area contributed by atoms with E-state index in [-0.39, 0.29) is 17.8 Å². The maximum Gasteiger partial charge on any atom is 0.234 e. The lowest BCUT2D eigenvalue weighted by Gasteiger charge is -2.20. The second-order valence-corrected chi connectivity index (χ2v) is 10.0. The summed E-state index contributed by atoms with van der Waals surface area (Å²) in [7, 11) is 0. The lowest BCUT2D eigenvalue weighted by Crippen LogP contribution is -2.17. The lowest BCUT2D eigenvalue weighted by molar-refractivity contribution is -0.113. The molecule has 176 valence electrons. The summed E-state index contributed by atoms with van der Waals surface area (Å²) >= 11 is 7.27. The average molecular weight is 487 g/mol. The molecule has 1 N–H and O–H groups in total. The number of carbonyl (C=O) groups is 1. The molecule has 3 aromatic rings. The molecule has 1 heterocycles. The molecule has 0 radical (unpaired) electrons. The van der Waals surface area contributed by atoms with E-state index in [4.69, 9.17) is 16.3 Å². The van der Waals surface area contributed by atoms with Crippen molar-refractivity contribution in [1.82, 2.24) is 14.8 Å². The van der Waals surface area contributed by atoms with Crippen LogP contribution in [0.5, 0.6) is 5.75 Å². The zero-order chi connectivity index (χ0) is 24.0. The largest absolute Gasteiger partial charge is 0.482 e. The van der Waals surface area contributed by atoms with Crippen molar-refractivity contribution >= 4 is 35.0 Å². The summed E-state index contributed by atoms with van der Waals surface area (Å²) in [6, 6.07) is 15.1. The molecule has 1 unspecified atom stereocenters. The van der Waals surface area contributed by atoms with Crippen molar-refractivity contribution in [2.45, 2.75) is 58.3 Å². The highest BCUT2D eigenvalue weighted by atomic mass is 35.5. The Kier molecular flexibility index (Phi) is 8.80. The number of anilines is 1. The number of nitrogens with one attached hydrogen (secondary N) is 1. The van der Waals surface area contributed by atoms with Gasteiger partial charge in [-0.05, 0) is 54.7 Å². The van der Waals surface area contributed by atoms with Gasteiger partial charge in [0.05, 0.1) is 5.75 Å². The van der Waals surface area contributed by atoms with Crippen molar-refractivity contribution in [2.75, 3.05) is 11.1 Å². The molecule has 33 heavy (non-hydrogen) atoms. The Morgan fingerprint density at radius 1 is 1.06 bits per heavy atom. The van der Waals surface area contributed by atoms with Crippen molar-refractivity contribution in [1.29, 1.82) is 0 Å². The van der Waals surface area contributed by atoms with E-state index in [0.29, 0.717) is 27.7 Å². The highest BCUT2D eigenvalue weighted by Gasteiger charge is 2.22. The van der Waals surface area contributed by atoms with Gasteiger partial charge in [0.15, 0.2) is 17.1 Å². The van der Waals surface area contributed by atoms with Crippen LogP contribution < -0.4 is 10.1 Å². The van der Waals surface area contributed by atoms with Crippen molar-refractivity contribution in [3.05, 3.63) is 64.9 Å². The van der Waals surface area contributed by atoms with Crippen molar-refractivity contribution in [2.24, 2.45) is 5.92 Å². The van der Waals surface area contributed by atoms with Crippen LogP contribution in [0.1, 0.15) is 58.0 Å². The van der Waals surface area contributed by atoms with E-state index in [2.05, 4.69) is 53.8 Å². The molecule has 0 fully saturated rings. The van der Waals surface area contributed by atoms with Gasteiger partial charge in [0.2, 0.25) is 5.91 Å². The summed E-state index contributed by atoms with van der Waals surface area (Å²) in [4.78, 5) is 12.4. The van der Waals surface area contributed by atoms with Crippen molar-refractivity contribution in [3.63, 3.8) is 0 Å². The van der Waals surface area contributed by atoms with Crippen LogP contribution in [0.15, 0.2) is 53.7 Å². The number of hydrogen-bond donors (Lipinski definition) is 1. The summed E-state index contributed by atoms with van der Waals surface area (Å²) in [5.41, 5.74) is 1.87. The Morgan fingerprint density at radius 3 is 2.42 bits per heavy atom. The van der Waals surface area contributed by atoms with Gasteiger partial charge in [-0.3, -0.25) is 4.79 Å². The third-order valence-electron chi connectivity index (χ3n) is 4.96. The van der Waals surface area contributed by atoms with E-state index in [1.807, 2.05) is 25.1 Å². The fraction of sp³-hybridized carbons (Fsp3) is 0.400. The smallest absolute Gasteiger partial charge is 0.234 e. The predicted molar refractivity (Wildman–Crippen MR) is 135 cm³/mol. The van der Waals surface area contributed by atoms with Crippen LogP contribution in [0, 0.1) is 5.92 Å². The maximum atomic E-state index is 12.4. The lowest BCUT2D eigenvalue weighted by atomic mass is 10.0. The maximum absolute atomic E-state index is 12.4. The van der Waals surface area contributed by atoms with E-state index < -0.39 is 0 Å². The first-order valence-corrected chi connectivity index (χ1v) is 12.5. The van der Waals surface area contributed by atoms with Crippen LogP contribution in [-0.4, -0.2) is 26.4 Å². The Hall–Kier alpha value is -2.51. The summed E-state index contributed by atoms with van der Waals surface area (Å²) in [5.74, 6) is 2.46. The number of aromatic nitrogens is 3. The van der Waals surface area contributed by atoms with E-state index >= 15 is 0 Å². The first-order chi connectivity index (χ1) is 15.7. The summed E-state index contributed by atoms with van der Waals surface area (Å²) in [5, 5.41) is 13.0. The highest BCUT2D eigenvalue weighted by molar-refractivity contribution is 7.99. The van der Waals surface area contributed by atoms with Gasteiger partial charge < -0.3 is 14.6 Å². The highest BCUT2D eigenvalue weighted by Crippen LogP contribution is 2.31. The van der Waals surface area contributed by atoms with Gasteiger partial charge in [-0.2, -0.15) is 0 Å². The van der Waals surface area contributed by atoms with Crippen molar-refractivity contribution < 1.29 is 9.53 Å². The quantitative estimate of drug-likeness (QED) is 0.328. The number of nitrogens with zero attached hydrogens (tertiary/aromatic N) is 3. The molecule has 0 aliphatic heterocycles. The number of halogens is 1. The fourth-order valence-electron chi connectivity index (χ4n) is 3.41. The van der Waals surface area contributed by atoms with E-state index in [1.165, 1.54) is 11.8 Å². The number of thioether (sulfide) groups is 1. The van der Waals surface area contributed by atoms with Crippen molar-refractivity contribution in [3.8, 4) is 5.75 Å². The molecule has 2 aromatic carbocycles. The summed E-state index contributed by atoms with van der Waals surface area (Å²) in [6.45, 7) is 11.3. The Balaban J connectivity index is 1.72. The minimum atomic E-state index is -0.284. The Labute approximate surface area is 205 Å². The van der Waals surface area contributed by atoms with Crippen LogP contribution in [0.2, 0.25) is 5.02 Å². The van der Waals surface area contributed by atoms with E-state index in [9.17, 15) is 4.79 Å². The molecule has 0 aliphatic rings. The molecule has 0 saturated carbocycles. The standard InChI is InChI=1S/C25H31ClN4O2S/c1-16(2)14-30-24(18(5)32-22-9-7-6-8-21(22)17(3)4)28-29-25(30)33-15-23(31)27-20-12-10-19(26)11-13-20/h6-13,16-18H,14-15H2,1-5H3,(H,27,31). The zero-order valence-corrected chi connectivity index (χ0v) is 21.3. The molecular formula is C25H31ClN4O2S. The van der Waals surface area contributed by atoms with Gasteiger partial charge in [0.25, 0.3) is 0 Å². The molecular weight excluding hydrogens is 456 g/mol. The molecule has 0 spiro atoms. The zero-order valence-electron chi connectivity index (χ0n) is 19.7. The van der Waals surface area contributed by atoms with Crippen LogP contribution in [0.4, 0.5) is 5.69 Å². The number of benzene rings is 2. The normalized spacial score (nSPS) is 12.2. The molecule has 3 rings (SSSR count). The molecule has 1 amide bonds. The third-order valence-corrected chi connectivity index (χ3v) is 6.18. The number of hydrogen-bond acceptors (Lipinski definition) is 5. The number of ether oxygens (including phenoxy) is 1. The fourth-order valence-corrected chi connectivity index (χ4v) is 4.29. The van der Waals surface area contributed by atoms with Gasteiger partial charge in [-0.25, -0.2) is 0 Å². The average Bonchev–Trinajstić information content (AvgIpc) is 3.16. The first-order valence-electron chi connectivity index (χ1n) is 11.1. The molecule has 8 heteroatoms. The van der Waals surface area contributed by atoms with Gasteiger partial charge >= 0.3 is 0 Å². The summed E-state index contributed by atoms with van der Waals surface area (Å²) < 4.78 is 8.38. The number of rotatable bonds is 10. The molecule has 6 nitrogen and oxygen atoms in total. The van der Waals surface area contributed by atoms with Gasteiger partial charge in [-0.15, -0.1) is 10.2 Å². The number of amides is 1. The molecule has 0 saturated heterocycles. The molecule has 1 atom stereocenters. The van der Waals surface area contributed by atoms with Crippen LogP contribution in [0.25, 0.3) is 0 Å². The minimum Gasteiger partial charge on any atom is -0.482 e. The Morgan fingerprint density at radius 2 is 1.76 bits per heavy atom. The number of carbonyl (C=O) groups excluding carboxylic acids is 1.